The maximum absolute atomic E-state index is 12.2. The lowest BCUT2D eigenvalue weighted by molar-refractivity contribution is -0.0584. The Kier molecular flexibility index (Phi) is 3.91. The minimum atomic E-state index is -0.856. The predicted octanol–water partition coefficient (Wildman–Crippen LogP) is 2.07. The smallest absolute Gasteiger partial charge is 0.364 e. The van der Waals surface area contributed by atoms with Crippen LogP contribution in [0, 0.1) is 0 Å². The number of carbonyl (C=O) groups is 3. The van der Waals surface area contributed by atoms with Crippen molar-refractivity contribution in [3.63, 3.8) is 0 Å². The first-order valence-electron chi connectivity index (χ1n) is 6.99. The largest absolute Gasteiger partial charge is 0.493 e. The van der Waals surface area contributed by atoms with Crippen LogP contribution in [0.4, 0.5) is 0 Å². The molecule has 1 heterocycles. The van der Waals surface area contributed by atoms with E-state index in [1.807, 2.05) is 0 Å². The van der Waals surface area contributed by atoms with Gasteiger partial charge < -0.3 is 14.3 Å². The van der Waals surface area contributed by atoms with Gasteiger partial charge in [-0.2, -0.15) is 0 Å². The summed E-state index contributed by atoms with van der Waals surface area (Å²) in [6.45, 7) is 0. The van der Waals surface area contributed by atoms with E-state index < -0.39 is 17.8 Å². The standard InChI is InChI=1S/C17H13NO6/c1-22-13-8-7-10(9-14(13)23-2)17(21)24-18-15(19)11-5-3-4-6-12(11)16(18)20/h3-9H,1-2H3. The molecule has 0 radical (unpaired) electrons. The quantitative estimate of drug-likeness (QED) is 0.800. The average Bonchev–Trinajstić information content (AvgIpc) is 2.86. The van der Waals surface area contributed by atoms with Crippen LogP contribution >= 0.6 is 0 Å². The molecule has 3 rings (SSSR count). The summed E-state index contributed by atoms with van der Waals surface area (Å²) in [5.41, 5.74) is 0.509. The highest BCUT2D eigenvalue weighted by molar-refractivity contribution is 6.21. The predicted molar refractivity (Wildman–Crippen MR) is 81.9 cm³/mol. The number of rotatable bonds is 4. The maximum Gasteiger partial charge on any atom is 0.364 e. The van der Waals surface area contributed by atoms with Gasteiger partial charge in [0.2, 0.25) is 0 Å². The lowest BCUT2D eigenvalue weighted by atomic mass is 10.1. The van der Waals surface area contributed by atoms with Gasteiger partial charge in [-0.3, -0.25) is 9.59 Å². The Morgan fingerprint density at radius 3 is 2.00 bits per heavy atom. The number of hydroxylamine groups is 2. The highest BCUT2D eigenvalue weighted by Crippen LogP contribution is 2.29. The third-order valence-corrected chi connectivity index (χ3v) is 3.55. The van der Waals surface area contributed by atoms with Gasteiger partial charge in [0.15, 0.2) is 11.5 Å². The molecule has 1 aliphatic rings. The SMILES string of the molecule is COc1ccc(C(=O)ON2C(=O)c3ccccc3C2=O)cc1OC. The summed E-state index contributed by atoms with van der Waals surface area (Å²) in [7, 11) is 2.89. The van der Waals surface area contributed by atoms with E-state index in [1.54, 1.807) is 12.1 Å². The third-order valence-electron chi connectivity index (χ3n) is 3.55. The fourth-order valence-electron chi connectivity index (χ4n) is 2.35. The molecule has 7 heteroatoms. The van der Waals surface area contributed by atoms with Crippen LogP contribution in [0.1, 0.15) is 31.1 Å². The van der Waals surface area contributed by atoms with Crippen molar-refractivity contribution < 1.29 is 28.7 Å². The number of benzene rings is 2. The van der Waals surface area contributed by atoms with Crippen LogP contribution in [0.5, 0.6) is 11.5 Å². The van der Waals surface area contributed by atoms with Gasteiger partial charge in [0, 0.05) is 0 Å². The van der Waals surface area contributed by atoms with Crippen molar-refractivity contribution in [1.82, 2.24) is 5.06 Å². The molecule has 0 saturated carbocycles. The van der Waals surface area contributed by atoms with E-state index in [9.17, 15) is 14.4 Å². The second kappa shape index (κ2) is 6.04. The van der Waals surface area contributed by atoms with Crippen molar-refractivity contribution in [1.29, 1.82) is 0 Å². The monoisotopic (exact) mass is 327 g/mol. The molecule has 0 fully saturated rings. The van der Waals surface area contributed by atoms with Crippen molar-refractivity contribution in [3.8, 4) is 11.5 Å². The summed E-state index contributed by atoms with van der Waals surface area (Å²) in [5.74, 6) is -1.44. The Bertz CT molecular complexity index is 810. The maximum atomic E-state index is 12.2. The zero-order valence-electron chi connectivity index (χ0n) is 12.9. The molecule has 0 atom stereocenters. The molecule has 2 amide bonds. The first kappa shape index (κ1) is 15.5. The van der Waals surface area contributed by atoms with Crippen LogP contribution in [-0.4, -0.2) is 37.1 Å². The Morgan fingerprint density at radius 2 is 1.46 bits per heavy atom. The first-order chi connectivity index (χ1) is 11.6. The fourth-order valence-corrected chi connectivity index (χ4v) is 2.35. The van der Waals surface area contributed by atoms with E-state index >= 15 is 0 Å². The van der Waals surface area contributed by atoms with Gasteiger partial charge in [-0.1, -0.05) is 17.2 Å². The molecule has 2 aromatic carbocycles. The van der Waals surface area contributed by atoms with Crippen molar-refractivity contribution in [2.75, 3.05) is 14.2 Å². The van der Waals surface area contributed by atoms with E-state index in [1.165, 1.54) is 44.6 Å². The number of imide groups is 1. The molecule has 24 heavy (non-hydrogen) atoms. The van der Waals surface area contributed by atoms with Crippen LogP contribution in [0.2, 0.25) is 0 Å². The highest BCUT2D eigenvalue weighted by Gasteiger charge is 2.38. The van der Waals surface area contributed by atoms with Gasteiger partial charge in [0.1, 0.15) is 0 Å². The van der Waals surface area contributed by atoms with Gasteiger partial charge in [-0.05, 0) is 30.3 Å². The highest BCUT2D eigenvalue weighted by atomic mass is 16.7. The summed E-state index contributed by atoms with van der Waals surface area (Å²) in [4.78, 5) is 41.6. The fraction of sp³-hybridized carbons (Fsp3) is 0.118. The van der Waals surface area contributed by atoms with Crippen LogP contribution in [0.3, 0.4) is 0 Å². The molecule has 0 spiro atoms. The van der Waals surface area contributed by atoms with Crippen molar-refractivity contribution in [3.05, 3.63) is 59.2 Å². The summed E-state index contributed by atoms with van der Waals surface area (Å²) in [6, 6.07) is 10.6. The van der Waals surface area contributed by atoms with Crippen LogP contribution in [-0.2, 0) is 4.84 Å². The van der Waals surface area contributed by atoms with E-state index in [2.05, 4.69) is 0 Å². The number of nitrogens with zero attached hydrogens (tertiary/aromatic N) is 1. The van der Waals surface area contributed by atoms with Crippen LogP contribution < -0.4 is 9.47 Å². The van der Waals surface area contributed by atoms with E-state index in [0.29, 0.717) is 16.6 Å². The number of hydrogen-bond donors (Lipinski definition) is 0. The molecular weight excluding hydrogens is 314 g/mol. The van der Waals surface area contributed by atoms with E-state index in [4.69, 9.17) is 14.3 Å². The number of ether oxygens (including phenoxy) is 2. The third kappa shape index (κ3) is 2.45. The Labute approximate surface area is 137 Å². The number of fused-ring (bicyclic) bond motifs is 1. The van der Waals surface area contributed by atoms with Crippen molar-refractivity contribution >= 4 is 17.8 Å². The summed E-state index contributed by atoms with van der Waals surface area (Å²) >= 11 is 0. The van der Waals surface area contributed by atoms with Crippen LogP contribution in [0.25, 0.3) is 0 Å². The molecule has 0 aromatic heterocycles. The second-order valence-electron chi connectivity index (χ2n) is 4.90. The normalized spacial score (nSPS) is 12.8. The molecule has 0 saturated heterocycles. The molecule has 0 bridgehead atoms. The minimum Gasteiger partial charge on any atom is -0.493 e. The number of carbonyl (C=O) groups excluding carboxylic acids is 3. The zero-order valence-corrected chi connectivity index (χ0v) is 12.9. The molecule has 7 nitrogen and oxygen atoms in total. The van der Waals surface area contributed by atoms with Crippen molar-refractivity contribution in [2.24, 2.45) is 0 Å². The van der Waals surface area contributed by atoms with Gasteiger partial charge >= 0.3 is 5.97 Å². The molecule has 1 aliphatic heterocycles. The molecule has 0 N–H and O–H groups in total. The first-order valence-corrected chi connectivity index (χ1v) is 6.99. The Morgan fingerprint density at radius 1 is 0.875 bits per heavy atom. The number of amides is 2. The minimum absolute atomic E-state index is 0.115. The van der Waals surface area contributed by atoms with Gasteiger partial charge in [0.25, 0.3) is 11.8 Å². The molecule has 0 aliphatic carbocycles. The van der Waals surface area contributed by atoms with Gasteiger partial charge in [-0.25, -0.2) is 4.79 Å². The molecule has 122 valence electrons. The van der Waals surface area contributed by atoms with E-state index in [0.717, 1.165) is 0 Å². The molecule has 0 unspecified atom stereocenters. The summed E-state index contributed by atoms with van der Waals surface area (Å²) in [5, 5.41) is 0.462. The number of methoxy groups -OCH3 is 2. The van der Waals surface area contributed by atoms with Gasteiger partial charge in [0.05, 0.1) is 30.9 Å². The van der Waals surface area contributed by atoms with Crippen LogP contribution in [0.15, 0.2) is 42.5 Å². The lowest BCUT2D eigenvalue weighted by Gasteiger charge is -2.13. The summed E-state index contributed by atoms with van der Waals surface area (Å²) < 4.78 is 10.2. The molecule has 2 aromatic rings. The Balaban J connectivity index is 1.84. The lowest BCUT2D eigenvalue weighted by Crippen LogP contribution is -2.32. The summed E-state index contributed by atoms with van der Waals surface area (Å²) in [6.07, 6.45) is 0. The average molecular weight is 327 g/mol. The molecular formula is C17H13NO6. The second-order valence-corrected chi connectivity index (χ2v) is 4.90. The van der Waals surface area contributed by atoms with Gasteiger partial charge in [-0.15, -0.1) is 0 Å². The Hall–Kier alpha value is -3.35. The van der Waals surface area contributed by atoms with Crippen molar-refractivity contribution in [2.45, 2.75) is 0 Å². The number of hydrogen-bond acceptors (Lipinski definition) is 6. The van der Waals surface area contributed by atoms with E-state index in [-0.39, 0.29) is 16.7 Å². The zero-order chi connectivity index (χ0) is 17.3. The topological polar surface area (TPSA) is 82.1 Å².